The molecular weight excluding hydrogens is 388 g/mol. The topological polar surface area (TPSA) is 17.3 Å². The Balaban J connectivity index is 1.23. The van der Waals surface area contributed by atoms with E-state index in [1.54, 1.807) is 5.56 Å². The SMILES string of the molecule is Clc1ccc(-n2cccc2C=Nc2ccc(C34CC5CC(CC(C5)C3)C4)cc2)cc1. The highest BCUT2D eigenvalue weighted by molar-refractivity contribution is 6.30. The van der Waals surface area contributed by atoms with E-state index in [0.717, 1.165) is 39.8 Å². The Bertz CT molecular complexity index is 1040. The van der Waals surface area contributed by atoms with Crippen LogP contribution < -0.4 is 0 Å². The fraction of sp³-hybridized carbons (Fsp3) is 0.370. The Morgan fingerprint density at radius 3 is 2.10 bits per heavy atom. The van der Waals surface area contributed by atoms with E-state index in [1.807, 2.05) is 36.5 Å². The molecule has 4 bridgehead atoms. The number of nitrogens with zero attached hydrogens (tertiary/aromatic N) is 2. The van der Waals surface area contributed by atoms with Gasteiger partial charge < -0.3 is 4.57 Å². The number of halogens is 1. The molecule has 0 N–H and O–H groups in total. The molecule has 2 nitrogen and oxygen atoms in total. The fourth-order valence-corrected chi connectivity index (χ4v) is 6.97. The van der Waals surface area contributed by atoms with Crippen LogP contribution in [-0.4, -0.2) is 10.8 Å². The van der Waals surface area contributed by atoms with Gasteiger partial charge in [-0.1, -0.05) is 23.7 Å². The molecule has 4 fully saturated rings. The third-order valence-electron chi connectivity index (χ3n) is 7.75. The molecule has 0 atom stereocenters. The summed E-state index contributed by atoms with van der Waals surface area (Å²) >= 11 is 6.03. The van der Waals surface area contributed by atoms with Gasteiger partial charge in [-0.25, -0.2) is 0 Å². The molecule has 4 aliphatic rings. The van der Waals surface area contributed by atoms with Crippen molar-refractivity contribution in [2.75, 3.05) is 0 Å². The van der Waals surface area contributed by atoms with Gasteiger partial charge in [-0.3, -0.25) is 4.99 Å². The molecule has 0 unspecified atom stereocenters. The van der Waals surface area contributed by atoms with Crippen molar-refractivity contribution >= 4 is 23.5 Å². The first-order valence-corrected chi connectivity index (χ1v) is 11.6. The van der Waals surface area contributed by atoms with E-state index < -0.39 is 0 Å². The Morgan fingerprint density at radius 1 is 0.833 bits per heavy atom. The van der Waals surface area contributed by atoms with Gasteiger partial charge in [-0.15, -0.1) is 0 Å². The molecule has 3 aromatic rings. The van der Waals surface area contributed by atoms with E-state index in [-0.39, 0.29) is 0 Å². The maximum atomic E-state index is 6.03. The number of hydrogen-bond acceptors (Lipinski definition) is 1. The molecule has 0 spiro atoms. The Morgan fingerprint density at radius 2 is 1.47 bits per heavy atom. The summed E-state index contributed by atoms with van der Waals surface area (Å²) in [5, 5.41) is 0.750. The Hall–Kier alpha value is -2.32. The van der Waals surface area contributed by atoms with Crippen LogP contribution in [0.1, 0.15) is 49.8 Å². The number of aromatic nitrogens is 1. The van der Waals surface area contributed by atoms with Crippen molar-refractivity contribution < 1.29 is 0 Å². The van der Waals surface area contributed by atoms with Crippen LogP contribution in [0.4, 0.5) is 5.69 Å². The molecule has 0 aliphatic heterocycles. The van der Waals surface area contributed by atoms with E-state index in [1.165, 1.54) is 38.5 Å². The van der Waals surface area contributed by atoms with E-state index >= 15 is 0 Å². The summed E-state index contributed by atoms with van der Waals surface area (Å²) in [6, 6.07) is 21.2. The van der Waals surface area contributed by atoms with Gasteiger partial charge in [0.05, 0.1) is 17.6 Å². The molecule has 30 heavy (non-hydrogen) atoms. The highest BCUT2D eigenvalue weighted by atomic mass is 35.5. The molecular formula is C27H27ClN2. The maximum Gasteiger partial charge on any atom is 0.0639 e. The zero-order valence-electron chi connectivity index (χ0n) is 17.2. The van der Waals surface area contributed by atoms with Crippen LogP contribution in [0.15, 0.2) is 71.9 Å². The summed E-state index contributed by atoms with van der Waals surface area (Å²) in [5.74, 6) is 2.94. The Labute approximate surface area is 183 Å². The smallest absolute Gasteiger partial charge is 0.0639 e. The minimum Gasteiger partial charge on any atom is -0.316 e. The molecule has 7 rings (SSSR count). The van der Waals surface area contributed by atoms with E-state index in [2.05, 4.69) is 41.1 Å². The van der Waals surface area contributed by atoms with Crippen LogP contribution in [0, 0.1) is 17.8 Å². The van der Waals surface area contributed by atoms with Gasteiger partial charge >= 0.3 is 0 Å². The van der Waals surface area contributed by atoms with Crippen molar-refractivity contribution in [2.24, 2.45) is 22.7 Å². The number of hydrogen-bond donors (Lipinski definition) is 0. The quantitative estimate of drug-likeness (QED) is 0.397. The first-order valence-electron chi connectivity index (χ1n) is 11.2. The lowest BCUT2D eigenvalue weighted by Gasteiger charge is -2.57. The lowest BCUT2D eigenvalue weighted by atomic mass is 9.48. The van der Waals surface area contributed by atoms with Crippen LogP contribution in [-0.2, 0) is 5.41 Å². The van der Waals surface area contributed by atoms with E-state index in [0.29, 0.717) is 5.41 Å². The second-order valence-electron chi connectivity index (χ2n) is 9.78. The van der Waals surface area contributed by atoms with Crippen molar-refractivity contribution in [2.45, 2.75) is 43.9 Å². The summed E-state index contributed by atoms with van der Waals surface area (Å²) in [6.45, 7) is 0. The van der Waals surface area contributed by atoms with Crippen molar-refractivity contribution in [3.8, 4) is 5.69 Å². The van der Waals surface area contributed by atoms with Gasteiger partial charge in [0.1, 0.15) is 0 Å². The van der Waals surface area contributed by atoms with Crippen molar-refractivity contribution in [1.29, 1.82) is 0 Å². The zero-order chi connectivity index (χ0) is 20.1. The van der Waals surface area contributed by atoms with Gasteiger partial charge in [0.2, 0.25) is 0 Å². The van der Waals surface area contributed by atoms with Crippen LogP contribution in [0.2, 0.25) is 5.02 Å². The molecule has 1 aromatic heterocycles. The number of rotatable bonds is 4. The summed E-state index contributed by atoms with van der Waals surface area (Å²) in [7, 11) is 0. The predicted octanol–water partition coefficient (Wildman–Crippen LogP) is 7.35. The van der Waals surface area contributed by atoms with Crippen LogP contribution >= 0.6 is 11.6 Å². The predicted molar refractivity (Wildman–Crippen MR) is 124 cm³/mol. The average molecular weight is 415 g/mol. The second kappa shape index (κ2) is 7.13. The normalized spacial score (nSPS) is 29.7. The lowest BCUT2D eigenvalue weighted by Crippen LogP contribution is -2.48. The summed E-state index contributed by atoms with van der Waals surface area (Å²) in [4.78, 5) is 4.77. The molecule has 0 radical (unpaired) electrons. The van der Waals surface area contributed by atoms with Crippen LogP contribution in [0.25, 0.3) is 5.69 Å². The summed E-state index contributed by atoms with van der Waals surface area (Å²) in [5.41, 5.74) is 5.18. The first-order chi connectivity index (χ1) is 14.7. The third kappa shape index (κ3) is 3.22. The second-order valence-corrected chi connectivity index (χ2v) is 10.2. The highest BCUT2D eigenvalue weighted by Crippen LogP contribution is 2.60. The highest BCUT2D eigenvalue weighted by Gasteiger charge is 2.51. The van der Waals surface area contributed by atoms with Crippen LogP contribution in [0.5, 0.6) is 0 Å². The largest absolute Gasteiger partial charge is 0.316 e. The van der Waals surface area contributed by atoms with Gasteiger partial charge in [-0.2, -0.15) is 0 Å². The third-order valence-corrected chi connectivity index (χ3v) is 8.00. The summed E-state index contributed by atoms with van der Waals surface area (Å²) in [6.07, 6.45) is 12.7. The van der Waals surface area contributed by atoms with Gasteiger partial charge in [0, 0.05) is 16.9 Å². The van der Waals surface area contributed by atoms with E-state index in [9.17, 15) is 0 Å². The molecule has 3 heteroatoms. The number of benzene rings is 2. The maximum absolute atomic E-state index is 6.03. The molecule has 4 aliphatic carbocycles. The summed E-state index contributed by atoms with van der Waals surface area (Å²) < 4.78 is 2.13. The van der Waals surface area contributed by atoms with Crippen molar-refractivity contribution in [3.63, 3.8) is 0 Å². The van der Waals surface area contributed by atoms with Crippen molar-refractivity contribution in [1.82, 2.24) is 4.57 Å². The first kappa shape index (κ1) is 18.4. The minimum absolute atomic E-state index is 0.459. The molecule has 152 valence electrons. The molecule has 0 saturated heterocycles. The zero-order valence-corrected chi connectivity index (χ0v) is 17.9. The molecule has 4 saturated carbocycles. The average Bonchev–Trinajstić information content (AvgIpc) is 3.21. The Kier molecular flexibility index (Phi) is 4.38. The van der Waals surface area contributed by atoms with Gasteiger partial charge in [-0.05, 0) is 116 Å². The number of aliphatic imine (C=N–C) groups is 1. The van der Waals surface area contributed by atoms with Gasteiger partial charge in [0.25, 0.3) is 0 Å². The lowest BCUT2D eigenvalue weighted by molar-refractivity contribution is -0.00518. The minimum atomic E-state index is 0.459. The molecule has 2 aromatic carbocycles. The molecule has 0 amide bonds. The fourth-order valence-electron chi connectivity index (χ4n) is 6.84. The molecule has 1 heterocycles. The standard InChI is InChI=1S/C27H27ClN2/c28-23-5-9-25(10-6-23)30-11-1-2-26(30)18-29-24-7-3-22(4-8-24)27-15-19-12-20(16-27)14-21(13-19)17-27/h1-11,18-21H,12-17H2. The monoisotopic (exact) mass is 414 g/mol. The van der Waals surface area contributed by atoms with Crippen LogP contribution in [0.3, 0.4) is 0 Å². The van der Waals surface area contributed by atoms with Crippen molar-refractivity contribution in [3.05, 3.63) is 83.1 Å². The van der Waals surface area contributed by atoms with E-state index in [4.69, 9.17) is 16.6 Å². The van der Waals surface area contributed by atoms with Gasteiger partial charge in [0.15, 0.2) is 0 Å².